The van der Waals surface area contributed by atoms with Gasteiger partial charge in [-0.3, -0.25) is 14.3 Å². The molecule has 19 heavy (non-hydrogen) atoms. The molecular weight excluding hydrogens is 244 g/mol. The molecule has 0 bridgehead atoms. The second-order valence-corrected chi connectivity index (χ2v) is 4.39. The third kappa shape index (κ3) is 3.07. The fourth-order valence-corrected chi connectivity index (χ4v) is 1.77. The van der Waals surface area contributed by atoms with Gasteiger partial charge in [0.2, 0.25) is 0 Å². The van der Waals surface area contributed by atoms with E-state index in [0.717, 1.165) is 17.4 Å². The molecule has 1 heterocycles. The van der Waals surface area contributed by atoms with Gasteiger partial charge < -0.3 is 5.11 Å². The second kappa shape index (κ2) is 5.48. The summed E-state index contributed by atoms with van der Waals surface area (Å²) in [6, 6.07) is 7.35. The predicted octanol–water partition coefficient (Wildman–Crippen LogP) is 1.93. The Kier molecular flexibility index (Phi) is 3.75. The monoisotopic (exact) mass is 258 g/mol. The molecule has 2 rings (SSSR count). The van der Waals surface area contributed by atoms with Gasteiger partial charge >= 0.3 is 5.97 Å². The summed E-state index contributed by atoms with van der Waals surface area (Å²) in [6.45, 7) is 2.21. The third-order valence-corrected chi connectivity index (χ3v) is 2.98. The minimum Gasteiger partial charge on any atom is -0.481 e. The number of rotatable bonds is 5. The SMILES string of the molecule is CC(C(=O)O)c1ccc(Cn2cc(C=O)cn2)cc1. The molecule has 0 fully saturated rings. The first-order chi connectivity index (χ1) is 9.10. The Balaban J connectivity index is 2.10. The highest BCUT2D eigenvalue weighted by atomic mass is 16.4. The largest absolute Gasteiger partial charge is 0.481 e. The molecular formula is C14H14N2O3. The molecule has 1 aromatic heterocycles. The number of carboxylic acid groups (broad SMARTS) is 1. The van der Waals surface area contributed by atoms with Crippen LogP contribution in [0.3, 0.4) is 0 Å². The molecule has 98 valence electrons. The van der Waals surface area contributed by atoms with E-state index >= 15 is 0 Å². The predicted molar refractivity (Wildman–Crippen MR) is 69.2 cm³/mol. The Labute approximate surface area is 110 Å². The lowest BCUT2D eigenvalue weighted by molar-refractivity contribution is -0.138. The fraction of sp³-hybridized carbons (Fsp3) is 0.214. The van der Waals surface area contributed by atoms with Gasteiger partial charge in [0.25, 0.3) is 0 Å². The summed E-state index contributed by atoms with van der Waals surface area (Å²) in [5, 5.41) is 13.0. The van der Waals surface area contributed by atoms with Crippen molar-refractivity contribution in [3.63, 3.8) is 0 Å². The van der Waals surface area contributed by atoms with E-state index < -0.39 is 11.9 Å². The molecule has 0 amide bonds. The maximum Gasteiger partial charge on any atom is 0.310 e. The van der Waals surface area contributed by atoms with E-state index in [9.17, 15) is 9.59 Å². The van der Waals surface area contributed by atoms with Crippen LogP contribution in [-0.4, -0.2) is 27.1 Å². The summed E-state index contributed by atoms with van der Waals surface area (Å²) in [5.74, 6) is -1.35. The Bertz CT molecular complexity index is 587. The highest BCUT2D eigenvalue weighted by Gasteiger charge is 2.12. The van der Waals surface area contributed by atoms with Gasteiger partial charge in [-0.25, -0.2) is 0 Å². The van der Waals surface area contributed by atoms with Gasteiger partial charge in [-0.05, 0) is 18.1 Å². The average molecular weight is 258 g/mol. The van der Waals surface area contributed by atoms with Gasteiger partial charge in [0.15, 0.2) is 6.29 Å². The molecule has 0 saturated heterocycles. The van der Waals surface area contributed by atoms with E-state index in [2.05, 4.69) is 5.10 Å². The van der Waals surface area contributed by atoms with Crippen molar-refractivity contribution in [3.8, 4) is 0 Å². The highest BCUT2D eigenvalue weighted by molar-refractivity contribution is 5.75. The molecule has 0 aliphatic rings. The normalized spacial score (nSPS) is 12.1. The van der Waals surface area contributed by atoms with Crippen molar-refractivity contribution in [2.24, 2.45) is 0 Å². The maximum absolute atomic E-state index is 10.9. The van der Waals surface area contributed by atoms with Crippen molar-refractivity contribution in [1.82, 2.24) is 9.78 Å². The van der Waals surface area contributed by atoms with Gasteiger partial charge in [0.1, 0.15) is 0 Å². The number of carbonyl (C=O) groups is 2. The van der Waals surface area contributed by atoms with Crippen LogP contribution in [0.15, 0.2) is 36.7 Å². The topological polar surface area (TPSA) is 72.2 Å². The molecule has 0 aliphatic carbocycles. The van der Waals surface area contributed by atoms with Crippen LogP contribution in [0, 0.1) is 0 Å². The maximum atomic E-state index is 10.9. The fourth-order valence-electron chi connectivity index (χ4n) is 1.77. The quantitative estimate of drug-likeness (QED) is 0.832. The summed E-state index contributed by atoms with van der Waals surface area (Å²) < 4.78 is 1.67. The van der Waals surface area contributed by atoms with Gasteiger partial charge in [0, 0.05) is 6.20 Å². The molecule has 1 unspecified atom stereocenters. The Morgan fingerprint density at radius 3 is 2.63 bits per heavy atom. The van der Waals surface area contributed by atoms with E-state index in [-0.39, 0.29) is 0 Å². The number of carboxylic acids is 1. The lowest BCUT2D eigenvalue weighted by Crippen LogP contribution is -2.07. The Hall–Kier alpha value is -2.43. The van der Waals surface area contributed by atoms with Crippen molar-refractivity contribution in [3.05, 3.63) is 53.3 Å². The molecule has 0 spiro atoms. The van der Waals surface area contributed by atoms with E-state index in [4.69, 9.17) is 5.11 Å². The van der Waals surface area contributed by atoms with Crippen molar-refractivity contribution in [1.29, 1.82) is 0 Å². The molecule has 0 aliphatic heterocycles. The van der Waals surface area contributed by atoms with Crippen LogP contribution in [0.5, 0.6) is 0 Å². The molecule has 1 aromatic carbocycles. The summed E-state index contributed by atoms with van der Waals surface area (Å²) >= 11 is 0. The van der Waals surface area contributed by atoms with Gasteiger partial charge in [-0.2, -0.15) is 5.10 Å². The van der Waals surface area contributed by atoms with Gasteiger partial charge in [0.05, 0.1) is 24.2 Å². The molecule has 5 nitrogen and oxygen atoms in total. The molecule has 5 heteroatoms. The summed E-state index contributed by atoms with van der Waals surface area (Å²) in [5.41, 5.74) is 2.31. The van der Waals surface area contributed by atoms with Gasteiger partial charge in [-0.15, -0.1) is 0 Å². The number of aromatic nitrogens is 2. The zero-order chi connectivity index (χ0) is 13.8. The van der Waals surface area contributed by atoms with Crippen molar-refractivity contribution in [2.45, 2.75) is 19.4 Å². The Morgan fingerprint density at radius 1 is 1.42 bits per heavy atom. The number of nitrogens with zero attached hydrogens (tertiary/aromatic N) is 2. The number of hydrogen-bond donors (Lipinski definition) is 1. The van der Waals surface area contributed by atoms with Gasteiger partial charge in [-0.1, -0.05) is 24.3 Å². The number of carbonyl (C=O) groups excluding carboxylic acids is 1. The minimum atomic E-state index is -0.838. The zero-order valence-corrected chi connectivity index (χ0v) is 10.5. The number of aliphatic carboxylic acids is 1. The van der Waals surface area contributed by atoms with Crippen molar-refractivity contribution in [2.75, 3.05) is 0 Å². The lowest BCUT2D eigenvalue weighted by Gasteiger charge is -2.08. The molecule has 2 aromatic rings. The second-order valence-electron chi connectivity index (χ2n) is 4.39. The average Bonchev–Trinajstić information content (AvgIpc) is 2.86. The number of hydrogen-bond acceptors (Lipinski definition) is 3. The van der Waals surface area contributed by atoms with Crippen LogP contribution in [0.25, 0.3) is 0 Å². The molecule has 0 radical (unpaired) electrons. The zero-order valence-electron chi connectivity index (χ0n) is 10.5. The number of aldehydes is 1. The van der Waals surface area contributed by atoms with Crippen LogP contribution in [0.2, 0.25) is 0 Å². The molecule has 1 N–H and O–H groups in total. The van der Waals surface area contributed by atoms with E-state index in [1.54, 1.807) is 29.9 Å². The highest BCUT2D eigenvalue weighted by Crippen LogP contribution is 2.16. The van der Waals surface area contributed by atoms with Crippen LogP contribution in [0.1, 0.15) is 34.3 Å². The summed E-state index contributed by atoms with van der Waals surface area (Å²) in [4.78, 5) is 21.4. The van der Waals surface area contributed by atoms with E-state index in [0.29, 0.717) is 12.1 Å². The van der Waals surface area contributed by atoms with Crippen LogP contribution >= 0.6 is 0 Å². The lowest BCUT2D eigenvalue weighted by atomic mass is 10.0. The van der Waals surface area contributed by atoms with Crippen LogP contribution in [-0.2, 0) is 11.3 Å². The first-order valence-corrected chi connectivity index (χ1v) is 5.89. The first kappa shape index (κ1) is 13.0. The van der Waals surface area contributed by atoms with Crippen molar-refractivity contribution < 1.29 is 14.7 Å². The number of benzene rings is 1. The standard InChI is InChI=1S/C14H14N2O3/c1-10(14(18)19)13-4-2-11(3-5-13)7-16-8-12(9-17)6-15-16/h2-6,8-10H,7H2,1H3,(H,18,19). The summed E-state index contributed by atoms with van der Waals surface area (Å²) in [6.07, 6.45) is 3.93. The Morgan fingerprint density at radius 2 is 2.11 bits per heavy atom. The smallest absolute Gasteiger partial charge is 0.310 e. The van der Waals surface area contributed by atoms with Crippen molar-refractivity contribution >= 4 is 12.3 Å². The van der Waals surface area contributed by atoms with E-state index in [1.165, 1.54) is 6.20 Å². The minimum absolute atomic E-state index is 0.514. The van der Waals surface area contributed by atoms with Crippen LogP contribution in [0.4, 0.5) is 0 Å². The first-order valence-electron chi connectivity index (χ1n) is 5.89. The van der Waals surface area contributed by atoms with Crippen LogP contribution < -0.4 is 0 Å². The molecule has 0 saturated carbocycles. The third-order valence-electron chi connectivity index (χ3n) is 2.98. The molecule has 1 atom stereocenters. The summed E-state index contributed by atoms with van der Waals surface area (Å²) in [7, 11) is 0. The van der Waals surface area contributed by atoms with E-state index in [1.807, 2.05) is 12.1 Å².